The van der Waals surface area contributed by atoms with Crippen molar-refractivity contribution >= 4 is 23.3 Å². The van der Waals surface area contributed by atoms with Gasteiger partial charge in [-0.3, -0.25) is 4.79 Å². The van der Waals surface area contributed by atoms with Crippen LogP contribution in [-0.2, 0) is 0 Å². The predicted molar refractivity (Wildman–Crippen MR) is 44.7 cm³/mol. The summed E-state index contributed by atoms with van der Waals surface area (Å²) in [6, 6.07) is 0. The third-order valence-electron chi connectivity index (χ3n) is 1.27. The zero-order chi connectivity index (χ0) is 9.30. The smallest absolute Gasteiger partial charge is 0.271 e. The lowest BCUT2D eigenvalue weighted by molar-refractivity contribution is 0.0996. The van der Waals surface area contributed by atoms with Crippen LogP contribution in [0.4, 0.5) is 5.82 Å². The van der Waals surface area contributed by atoms with Gasteiger partial charge >= 0.3 is 0 Å². The van der Waals surface area contributed by atoms with Crippen LogP contribution in [0.3, 0.4) is 0 Å². The third kappa shape index (κ3) is 1.45. The number of carbonyl (C=O) groups excluding carboxylic acids is 1. The summed E-state index contributed by atoms with van der Waals surface area (Å²) in [6.45, 7) is 1.61. The standard InChI is InChI=1S/C6H7ClN4O/c1-2-4(7)11-5(8)3(10-2)6(9)12/h1H3,(H2,8,11)(H2,9,12). The summed E-state index contributed by atoms with van der Waals surface area (Å²) in [5.74, 6) is -0.752. The minimum absolute atomic E-state index is 0.0434. The normalized spacial score (nSPS) is 9.83. The van der Waals surface area contributed by atoms with Crippen molar-refractivity contribution in [1.82, 2.24) is 9.97 Å². The fourth-order valence-corrected chi connectivity index (χ4v) is 0.825. The highest BCUT2D eigenvalue weighted by atomic mass is 35.5. The van der Waals surface area contributed by atoms with Crippen molar-refractivity contribution in [3.8, 4) is 0 Å². The third-order valence-corrected chi connectivity index (χ3v) is 1.63. The molecule has 0 aliphatic carbocycles. The van der Waals surface area contributed by atoms with Gasteiger partial charge in [0.25, 0.3) is 5.91 Å². The van der Waals surface area contributed by atoms with Crippen molar-refractivity contribution in [2.45, 2.75) is 6.92 Å². The van der Waals surface area contributed by atoms with Crippen molar-refractivity contribution in [3.63, 3.8) is 0 Å². The van der Waals surface area contributed by atoms with Crippen LogP contribution in [0.5, 0.6) is 0 Å². The Morgan fingerprint density at radius 3 is 2.58 bits per heavy atom. The zero-order valence-corrected chi connectivity index (χ0v) is 7.09. The van der Waals surface area contributed by atoms with E-state index >= 15 is 0 Å². The van der Waals surface area contributed by atoms with E-state index < -0.39 is 5.91 Å². The second-order valence-electron chi connectivity index (χ2n) is 2.20. The van der Waals surface area contributed by atoms with Crippen LogP contribution in [0.15, 0.2) is 0 Å². The lowest BCUT2D eigenvalue weighted by Crippen LogP contribution is -2.17. The van der Waals surface area contributed by atoms with Gasteiger partial charge in [0.15, 0.2) is 16.7 Å². The first-order valence-electron chi connectivity index (χ1n) is 3.11. The lowest BCUT2D eigenvalue weighted by atomic mass is 10.3. The Morgan fingerprint density at radius 2 is 2.08 bits per heavy atom. The van der Waals surface area contributed by atoms with E-state index in [0.29, 0.717) is 5.69 Å². The van der Waals surface area contributed by atoms with Crippen molar-refractivity contribution in [2.75, 3.05) is 5.73 Å². The maximum Gasteiger partial charge on any atom is 0.271 e. The highest BCUT2D eigenvalue weighted by molar-refractivity contribution is 6.30. The van der Waals surface area contributed by atoms with Gasteiger partial charge in [-0.15, -0.1) is 0 Å². The molecule has 6 heteroatoms. The molecule has 0 saturated heterocycles. The SMILES string of the molecule is Cc1nc(C(N)=O)c(N)nc1Cl. The van der Waals surface area contributed by atoms with Gasteiger partial charge in [0.05, 0.1) is 5.69 Å². The zero-order valence-electron chi connectivity index (χ0n) is 6.34. The van der Waals surface area contributed by atoms with Gasteiger partial charge in [-0.05, 0) is 6.92 Å². The molecule has 1 aromatic heterocycles. The Kier molecular flexibility index (Phi) is 2.14. The maximum atomic E-state index is 10.7. The molecular weight excluding hydrogens is 180 g/mol. The van der Waals surface area contributed by atoms with Crippen molar-refractivity contribution in [1.29, 1.82) is 0 Å². The van der Waals surface area contributed by atoms with Crippen LogP contribution in [0.1, 0.15) is 16.2 Å². The van der Waals surface area contributed by atoms with Crippen LogP contribution < -0.4 is 11.5 Å². The minimum atomic E-state index is -0.709. The summed E-state index contributed by atoms with van der Waals surface area (Å²) in [6.07, 6.45) is 0. The van der Waals surface area contributed by atoms with E-state index in [-0.39, 0.29) is 16.7 Å². The molecule has 5 nitrogen and oxygen atoms in total. The fourth-order valence-electron chi connectivity index (χ4n) is 0.692. The molecule has 0 atom stereocenters. The number of nitrogen functional groups attached to an aromatic ring is 1. The van der Waals surface area contributed by atoms with Gasteiger partial charge in [0.2, 0.25) is 0 Å². The molecule has 0 unspecified atom stereocenters. The van der Waals surface area contributed by atoms with Crippen LogP contribution in [-0.4, -0.2) is 15.9 Å². The number of hydrogen-bond donors (Lipinski definition) is 2. The predicted octanol–water partition coefficient (Wildman–Crippen LogP) is 0.120. The van der Waals surface area contributed by atoms with E-state index in [2.05, 4.69) is 9.97 Å². The molecule has 0 aliphatic rings. The molecule has 0 aromatic carbocycles. The Balaban J connectivity index is 3.33. The van der Waals surface area contributed by atoms with Gasteiger partial charge in [0, 0.05) is 0 Å². The van der Waals surface area contributed by atoms with Gasteiger partial charge < -0.3 is 11.5 Å². The molecular formula is C6H7ClN4O. The topological polar surface area (TPSA) is 94.9 Å². The fraction of sp³-hybridized carbons (Fsp3) is 0.167. The van der Waals surface area contributed by atoms with E-state index in [1.165, 1.54) is 0 Å². The number of nitrogens with zero attached hydrogens (tertiary/aromatic N) is 2. The molecule has 12 heavy (non-hydrogen) atoms. The molecule has 0 saturated carbocycles. The Labute approximate surface area is 73.7 Å². The summed E-state index contributed by atoms with van der Waals surface area (Å²) in [4.78, 5) is 18.1. The molecule has 1 amide bonds. The van der Waals surface area contributed by atoms with Gasteiger partial charge in [-0.1, -0.05) is 11.6 Å². The highest BCUT2D eigenvalue weighted by Gasteiger charge is 2.11. The minimum Gasteiger partial charge on any atom is -0.382 e. The van der Waals surface area contributed by atoms with Gasteiger partial charge in [0.1, 0.15) is 0 Å². The molecule has 0 aliphatic heterocycles. The molecule has 0 spiro atoms. The highest BCUT2D eigenvalue weighted by Crippen LogP contribution is 2.13. The number of hydrogen-bond acceptors (Lipinski definition) is 4. The van der Waals surface area contributed by atoms with Crippen LogP contribution >= 0.6 is 11.6 Å². The first-order valence-corrected chi connectivity index (χ1v) is 3.49. The average Bonchev–Trinajstić information content (AvgIpc) is 1.96. The number of primary amides is 1. The Bertz CT molecular complexity index is 339. The number of amides is 1. The molecule has 1 heterocycles. The van der Waals surface area contributed by atoms with Crippen molar-refractivity contribution in [2.24, 2.45) is 5.73 Å². The van der Waals surface area contributed by atoms with E-state index in [1.54, 1.807) is 6.92 Å². The lowest BCUT2D eigenvalue weighted by Gasteiger charge is -2.01. The van der Waals surface area contributed by atoms with Crippen LogP contribution in [0.2, 0.25) is 5.15 Å². The monoisotopic (exact) mass is 186 g/mol. The second-order valence-corrected chi connectivity index (χ2v) is 2.56. The van der Waals surface area contributed by atoms with Crippen LogP contribution in [0.25, 0.3) is 0 Å². The molecule has 1 rings (SSSR count). The first kappa shape index (κ1) is 8.73. The van der Waals surface area contributed by atoms with Crippen molar-refractivity contribution in [3.05, 3.63) is 16.5 Å². The number of aromatic nitrogens is 2. The van der Waals surface area contributed by atoms with E-state index in [4.69, 9.17) is 23.1 Å². The summed E-state index contributed by atoms with van der Waals surface area (Å²) in [7, 11) is 0. The van der Waals surface area contributed by atoms with Crippen LogP contribution in [0, 0.1) is 6.92 Å². The molecule has 1 aromatic rings. The number of carbonyl (C=O) groups is 1. The summed E-state index contributed by atoms with van der Waals surface area (Å²) in [5, 5.41) is 0.178. The van der Waals surface area contributed by atoms with Gasteiger partial charge in [-0.25, -0.2) is 9.97 Å². The van der Waals surface area contributed by atoms with Gasteiger partial charge in [-0.2, -0.15) is 0 Å². The number of aryl methyl sites for hydroxylation is 1. The van der Waals surface area contributed by atoms with E-state index in [9.17, 15) is 4.79 Å². The maximum absolute atomic E-state index is 10.7. The molecule has 0 fully saturated rings. The Hall–Kier alpha value is -1.36. The summed E-state index contributed by atoms with van der Waals surface area (Å²) in [5.41, 5.74) is 10.7. The Morgan fingerprint density at radius 1 is 1.50 bits per heavy atom. The van der Waals surface area contributed by atoms with E-state index in [0.717, 1.165) is 0 Å². The van der Waals surface area contributed by atoms with E-state index in [1.807, 2.05) is 0 Å². The summed E-state index contributed by atoms with van der Waals surface area (Å²) < 4.78 is 0. The second kappa shape index (κ2) is 2.94. The number of anilines is 1. The average molecular weight is 187 g/mol. The molecule has 64 valence electrons. The summed E-state index contributed by atoms with van der Waals surface area (Å²) >= 11 is 5.58. The number of halogens is 1. The number of nitrogens with two attached hydrogens (primary N) is 2. The van der Waals surface area contributed by atoms with Crippen molar-refractivity contribution < 1.29 is 4.79 Å². The quantitative estimate of drug-likeness (QED) is 0.651. The number of rotatable bonds is 1. The first-order chi connectivity index (χ1) is 5.52. The molecule has 4 N–H and O–H groups in total. The molecule has 0 radical (unpaired) electrons. The largest absolute Gasteiger partial charge is 0.382 e. The molecule has 0 bridgehead atoms.